The average molecular weight is 300 g/mol. The van der Waals surface area contributed by atoms with E-state index in [-0.39, 0.29) is 5.38 Å². The van der Waals surface area contributed by atoms with Crippen molar-refractivity contribution in [1.82, 2.24) is 9.97 Å². The van der Waals surface area contributed by atoms with Gasteiger partial charge < -0.3 is 0 Å². The Labute approximate surface area is 86.6 Å². The Kier molecular flexibility index (Phi) is 3.28. The first-order chi connectivity index (χ1) is 5.09. The second-order valence-electron chi connectivity index (χ2n) is 1.99. The van der Waals surface area contributed by atoms with Crippen LogP contribution in [0.15, 0.2) is 15.3 Å². The van der Waals surface area contributed by atoms with Gasteiger partial charge in [-0.3, -0.25) is 0 Å². The molecular formula is C6H5Br2ClN2. The molecule has 0 aromatic carbocycles. The topological polar surface area (TPSA) is 25.8 Å². The van der Waals surface area contributed by atoms with Crippen LogP contribution in [0.4, 0.5) is 0 Å². The van der Waals surface area contributed by atoms with Gasteiger partial charge in [-0.25, -0.2) is 9.97 Å². The smallest absolute Gasteiger partial charge is 0.148 e. The van der Waals surface area contributed by atoms with E-state index in [1.165, 1.54) is 0 Å². The van der Waals surface area contributed by atoms with E-state index >= 15 is 0 Å². The van der Waals surface area contributed by atoms with Crippen LogP contribution < -0.4 is 0 Å². The lowest BCUT2D eigenvalue weighted by atomic mass is 10.4. The molecule has 0 amide bonds. The summed E-state index contributed by atoms with van der Waals surface area (Å²) in [5, 5.41) is -0.163. The summed E-state index contributed by atoms with van der Waals surface area (Å²) < 4.78 is 1.48. The van der Waals surface area contributed by atoms with Gasteiger partial charge in [-0.15, -0.1) is 11.6 Å². The number of nitrogens with zero attached hydrogens (tertiary/aromatic N) is 2. The molecule has 0 aliphatic heterocycles. The van der Waals surface area contributed by atoms with Crippen LogP contribution in [0, 0.1) is 0 Å². The highest BCUT2D eigenvalue weighted by atomic mass is 79.9. The van der Waals surface area contributed by atoms with Crippen LogP contribution in [0.5, 0.6) is 0 Å². The number of alkyl halides is 1. The van der Waals surface area contributed by atoms with Gasteiger partial charge in [-0.05, 0) is 38.8 Å². The molecule has 60 valence electrons. The summed E-state index contributed by atoms with van der Waals surface area (Å²) in [4.78, 5) is 8.15. The zero-order valence-electron chi connectivity index (χ0n) is 5.68. The molecule has 0 radical (unpaired) electrons. The van der Waals surface area contributed by atoms with Gasteiger partial charge in [0.25, 0.3) is 0 Å². The number of halogens is 3. The summed E-state index contributed by atoms with van der Waals surface area (Å²) in [5.74, 6) is 0.618. The maximum atomic E-state index is 5.78. The molecule has 0 N–H and O–H groups in total. The van der Waals surface area contributed by atoms with Crippen molar-refractivity contribution >= 4 is 43.5 Å². The van der Waals surface area contributed by atoms with E-state index in [0.717, 1.165) is 9.21 Å². The van der Waals surface area contributed by atoms with Gasteiger partial charge >= 0.3 is 0 Å². The predicted octanol–water partition coefficient (Wildman–Crippen LogP) is 3.30. The van der Waals surface area contributed by atoms with E-state index in [9.17, 15) is 0 Å². The maximum absolute atomic E-state index is 5.78. The van der Waals surface area contributed by atoms with E-state index < -0.39 is 0 Å². The van der Waals surface area contributed by atoms with Crippen LogP contribution in [0.1, 0.15) is 18.1 Å². The van der Waals surface area contributed by atoms with Crippen molar-refractivity contribution in [3.8, 4) is 0 Å². The zero-order valence-corrected chi connectivity index (χ0v) is 9.61. The Morgan fingerprint density at radius 3 is 2.18 bits per heavy atom. The Hall–Kier alpha value is 0.330. The molecule has 1 atom stereocenters. The Bertz CT molecular complexity index is 245. The van der Waals surface area contributed by atoms with Crippen molar-refractivity contribution in [2.75, 3.05) is 0 Å². The van der Waals surface area contributed by atoms with Crippen LogP contribution in [0.2, 0.25) is 0 Å². The van der Waals surface area contributed by atoms with Gasteiger partial charge in [0.05, 0.1) is 5.38 Å². The SMILES string of the molecule is CC(Cl)c1nc(Br)cc(Br)n1. The molecule has 0 bridgehead atoms. The van der Waals surface area contributed by atoms with E-state index in [4.69, 9.17) is 11.6 Å². The van der Waals surface area contributed by atoms with Crippen molar-refractivity contribution in [2.24, 2.45) is 0 Å². The lowest BCUT2D eigenvalue weighted by Gasteiger charge is -2.01. The van der Waals surface area contributed by atoms with Crippen molar-refractivity contribution in [2.45, 2.75) is 12.3 Å². The summed E-state index contributed by atoms with van der Waals surface area (Å²) in [7, 11) is 0. The van der Waals surface area contributed by atoms with Gasteiger partial charge in [0.1, 0.15) is 15.0 Å². The Morgan fingerprint density at radius 2 is 1.82 bits per heavy atom. The molecule has 0 aliphatic carbocycles. The quantitative estimate of drug-likeness (QED) is 0.587. The molecule has 0 aliphatic rings. The third-order valence-corrected chi connectivity index (χ3v) is 2.04. The van der Waals surface area contributed by atoms with Crippen molar-refractivity contribution in [1.29, 1.82) is 0 Å². The van der Waals surface area contributed by atoms with Gasteiger partial charge in [0.15, 0.2) is 0 Å². The molecule has 5 heteroatoms. The second-order valence-corrected chi connectivity index (χ2v) is 4.27. The Morgan fingerprint density at radius 1 is 1.36 bits per heavy atom. The number of aromatic nitrogens is 2. The standard InChI is InChI=1S/C6H5Br2ClN2/c1-3(9)6-10-4(7)2-5(8)11-6/h2-3H,1H3. The molecule has 1 aromatic heterocycles. The van der Waals surface area contributed by atoms with E-state index in [2.05, 4.69) is 41.8 Å². The summed E-state index contributed by atoms with van der Waals surface area (Å²) in [6.45, 7) is 1.83. The first-order valence-electron chi connectivity index (χ1n) is 2.93. The van der Waals surface area contributed by atoms with E-state index in [0.29, 0.717) is 5.82 Å². The summed E-state index contributed by atoms with van der Waals surface area (Å²) in [5.41, 5.74) is 0. The predicted molar refractivity (Wildman–Crippen MR) is 51.7 cm³/mol. The molecule has 0 spiro atoms. The van der Waals surface area contributed by atoms with Crippen LogP contribution in [-0.4, -0.2) is 9.97 Å². The average Bonchev–Trinajstić information content (AvgIpc) is 1.85. The van der Waals surface area contributed by atoms with Gasteiger partial charge in [-0.2, -0.15) is 0 Å². The second kappa shape index (κ2) is 3.83. The normalized spacial score (nSPS) is 13.1. The molecule has 0 saturated carbocycles. The van der Waals surface area contributed by atoms with Gasteiger partial charge in [0, 0.05) is 6.07 Å². The fourth-order valence-corrected chi connectivity index (χ4v) is 1.79. The maximum Gasteiger partial charge on any atom is 0.148 e. The first kappa shape index (κ1) is 9.42. The molecule has 0 fully saturated rings. The van der Waals surface area contributed by atoms with Crippen molar-refractivity contribution < 1.29 is 0 Å². The Balaban J connectivity index is 3.08. The van der Waals surface area contributed by atoms with E-state index in [1.807, 2.05) is 6.92 Å². The highest BCUT2D eigenvalue weighted by Crippen LogP contribution is 2.20. The molecule has 2 nitrogen and oxygen atoms in total. The van der Waals surface area contributed by atoms with E-state index in [1.54, 1.807) is 6.07 Å². The summed E-state index contributed by atoms with van der Waals surface area (Å²) in [6, 6.07) is 1.77. The van der Waals surface area contributed by atoms with Crippen LogP contribution in [-0.2, 0) is 0 Å². The minimum Gasteiger partial charge on any atom is -0.224 e. The third kappa shape index (κ3) is 2.69. The molecule has 0 saturated heterocycles. The monoisotopic (exact) mass is 298 g/mol. The minimum absolute atomic E-state index is 0.163. The molecule has 1 aromatic rings. The summed E-state index contributed by atoms with van der Waals surface area (Å²) >= 11 is 12.3. The highest BCUT2D eigenvalue weighted by molar-refractivity contribution is 9.11. The fourth-order valence-electron chi connectivity index (χ4n) is 0.585. The van der Waals surface area contributed by atoms with Gasteiger partial charge in [0.2, 0.25) is 0 Å². The number of hydrogen-bond acceptors (Lipinski definition) is 2. The number of hydrogen-bond donors (Lipinski definition) is 0. The molecule has 11 heavy (non-hydrogen) atoms. The lowest BCUT2D eigenvalue weighted by Crippen LogP contribution is -1.95. The molecular weight excluding hydrogens is 295 g/mol. The summed E-state index contributed by atoms with van der Waals surface area (Å²) in [6.07, 6.45) is 0. The van der Waals surface area contributed by atoms with Crippen molar-refractivity contribution in [3.05, 3.63) is 21.1 Å². The minimum atomic E-state index is -0.163. The molecule has 1 heterocycles. The largest absolute Gasteiger partial charge is 0.224 e. The van der Waals surface area contributed by atoms with Crippen molar-refractivity contribution in [3.63, 3.8) is 0 Å². The van der Waals surface area contributed by atoms with Crippen LogP contribution in [0.25, 0.3) is 0 Å². The molecule has 1 unspecified atom stereocenters. The lowest BCUT2D eigenvalue weighted by molar-refractivity contribution is 0.889. The molecule has 1 rings (SSSR count). The zero-order chi connectivity index (χ0) is 8.43. The van der Waals surface area contributed by atoms with Crippen LogP contribution in [0.3, 0.4) is 0 Å². The fraction of sp³-hybridized carbons (Fsp3) is 0.333. The van der Waals surface area contributed by atoms with Gasteiger partial charge in [-0.1, -0.05) is 0 Å². The highest BCUT2D eigenvalue weighted by Gasteiger charge is 2.06. The number of rotatable bonds is 1. The first-order valence-corrected chi connectivity index (χ1v) is 4.96. The van der Waals surface area contributed by atoms with Crippen LogP contribution >= 0.6 is 43.5 Å². The third-order valence-electron chi connectivity index (χ3n) is 1.04.